The van der Waals surface area contributed by atoms with Crippen LogP contribution in [-0.2, 0) is 13.6 Å². The largest absolute Gasteiger partial charge is 0.459 e. The molecule has 28 heavy (non-hydrogen) atoms. The number of aliphatic imine (C=N–C) groups is 1. The average molecular weight is 380 g/mol. The third-order valence-electron chi connectivity index (χ3n) is 5.40. The summed E-state index contributed by atoms with van der Waals surface area (Å²) in [5, 5.41) is 12.4. The van der Waals surface area contributed by atoms with Crippen molar-refractivity contribution in [2.75, 3.05) is 25.0 Å². The fourth-order valence-electron chi connectivity index (χ4n) is 3.85. The molecule has 1 unspecified atom stereocenters. The first-order valence-corrected chi connectivity index (χ1v) is 9.82. The third-order valence-corrected chi connectivity index (χ3v) is 5.40. The molecular formula is C21H28N6O. The summed E-state index contributed by atoms with van der Waals surface area (Å²) >= 11 is 0. The van der Waals surface area contributed by atoms with Crippen molar-refractivity contribution >= 4 is 22.6 Å². The summed E-state index contributed by atoms with van der Waals surface area (Å²) < 4.78 is 7.85. The molecule has 2 N–H and O–H groups in total. The Labute approximate surface area is 165 Å². The highest BCUT2D eigenvalue weighted by molar-refractivity contribution is 5.83. The maximum Gasteiger partial charge on any atom is 0.191 e. The van der Waals surface area contributed by atoms with E-state index in [1.807, 2.05) is 43.2 Å². The number of para-hydroxylation sites is 1. The number of fused-ring (bicyclic) bond motifs is 1. The van der Waals surface area contributed by atoms with Crippen LogP contribution in [0.2, 0.25) is 0 Å². The molecule has 148 valence electrons. The minimum absolute atomic E-state index is 0.344. The number of hydrogen-bond donors (Lipinski definition) is 2. The number of nitrogens with one attached hydrogen (secondary N) is 2. The average Bonchev–Trinajstić information content (AvgIpc) is 3.29. The zero-order valence-corrected chi connectivity index (χ0v) is 16.8. The molecule has 1 aromatic carbocycles. The van der Waals surface area contributed by atoms with Crippen molar-refractivity contribution in [3.05, 3.63) is 48.0 Å². The highest BCUT2D eigenvalue weighted by atomic mass is 16.3. The number of aryl methyl sites for hydroxylation is 2. The van der Waals surface area contributed by atoms with Gasteiger partial charge in [0.15, 0.2) is 5.96 Å². The molecule has 4 rings (SSSR count). The van der Waals surface area contributed by atoms with Gasteiger partial charge in [0.1, 0.15) is 11.3 Å². The quantitative estimate of drug-likeness (QED) is 0.538. The van der Waals surface area contributed by atoms with Gasteiger partial charge in [0.05, 0.1) is 18.4 Å². The number of aromatic nitrogens is 2. The van der Waals surface area contributed by atoms with E-state index in [1.165, 1.54) is 16.6 Å². The van der Waals surface area contributed by atoms with Crippen LogP contribution in [0.25, 0.3) is 11.0 Å². The lowest BCUT2D eigenvalue weighted by Crippen LogP contribution is -2.51. The van der Waals surface area contributed by atoms with Gasteiger partial charge >= 0.3 is 0 Å². The smallest absolute Gasteiger partial charge is 0.191 e. The Kier molecular flexibility index (Phi) is 5.23. The van der Waals surface area contributed by atoms with Gasteiger partial charge in [-0.1, -0.05) is 18.2 Å². The zero-order chi connectivity index (χ0) is 19.5. The van der Waals surface area contributed by atoms with E-state index >= 15 is 0 Å². The van der Waals surface area contributed by atoms with Crippen molar-refractivity contribution in [1.29, 1.82) is 0 Å². The maximum absolute atomic E-state index is 6.00. The lowest BCUT2D eigenvalue weighted by atomic mass is 10.1. The second kappa shape index (κ2) is 7.96. The molecule has 0 aliphatic carbocycles. The molecule has 2 aromatic heterocycles. The van der Waals surface area contributed by atoms with E-state index in [0.29, 0.717) is 12.6 Å². The summed E-state index contributed by atoms with van der Waals surface area (Å²) in [5.74, 6) is 1.75. The topological polar surface area (TPSA) is 70.6 Å². The SMILES string of the molecule is CN=C(NCc1oc2ccccc2c1C)NC1CCCN(c2cnn(C)c2)C1. The van der Waals surface area contributed by atoms with Crippen molar-refractivity contribution < 1.29 is 4.42 Å². The molecule has 1 aliphatic heterocycles. The predicted octanol–water partition coefficient (Wildman–Crippen LogP) is 2.81. The van der Waals surface area contributed by atoms with Crippen LogP contribution in [0.15, 0.2) is 46.1 Å². The van der Waals surface area contributed by atoms with Gasteiger partial charge in [0.2, 0.25) is 0 Å². The van der Waals surface area contributed by atoms with Gasteiger partial charge < -0.3 is 20.0 Å². The number of rotatable bonds is 4. The van der Waals surface area contributed by atoms with Crippen molar-refractivity contribution in [3.63, 3.8) is 0 Å². The molecule has 7 nitrogen and oxygen atoms in total. The Balaban J connectivity index is 1.37. The summed E-state index contributed by atoms with van der Waals surface area (Å²) in [4.78, 5) is 6.78. The van der Waals surface area contributed by atoms with E-state index in [9.17, 15) is 0 Å². The lowest BCUT2D eigenvalue weighted by molar-refractivity contribution is 0.465. The van der Waals surface area contributed by atoms with Crippen molar-refractivity contribution in [3.8, 4) is 0 Å². The van der Waals surface area contributed by atoms with Crippen molar-refractivity contribution in [2.45, 2.75) is 32.4 Å². The molecule has 1 atom stereocenters. The number of furan rings is 1. The normalized spacial score (nSPS) is 17.9. The molecule has 0 radical (unpaired) electrons. The van der Waals surface area contributed by atoms with Crippen LogP contribution in [0.4, 0.5) is 5.69 Å². The molecule has 3 aromatic rings. The predicted molar refractivity (Wildman–Crippen MR) is 113 cm³/mol. The Morgan fingerprint density at radius 2 is 2.21 bits per heavy atom. The highest BCUT2D eigenvalue weighted by Crippen LogP contribution is 2.24. The van der Waals surface area contributed by atoms with Crippen LogP contribution in [0.5, 0.6) is 0 Å². The molecule has 0 spiro atoms. The lowest BCUT2D eigenvalue weighted by Gasteiger charge is -2.34. The molecule has 0 bridgehead atoms. The van der Waals surface area contributed by atoms with Gasteiger partial charge in [-0.15, -0.1) is 0 Å². The van der Waals surface area contributed by atoms with E-state index in [-0.39, 0.29) is 0 Å². The molecular weight excluding hydrogens is 352 g/mol. The number of anilines is 1. The van der Waals surface area contributed by atoms with Gasteiger partial charge in [-0.05, 0) is 25.8 Å². The van der Waals surface area contributed by atoms with Gasteiger partial charge in [-0.3, -0.25) is 9.67 Å². The van der Waals surface area contributed by atoms with E-state index in [1.54, 1.807) is 0 Å². The van der Waals surface area contributed by atoms with Gasteiger partial charge in [-0.25, -0.2) is 0 Å². The Morgan fingerprint density at radius 3 is 2.96 bits per heavy atom. The summed E-state index contributed by atoms with van der Waals surface area (Å²) in [6, 6.07) is 8.49. The molecule has 0 amide bonds. The van der Waals surface area contributed by atoms with Crippen molar-refractivity contribution in [2.24, 2.45) is 12.0 Å². The van der Waals surface area contributed by atoms with Crippen LogP contribution in [0, 0.1) is 6.92 Å². The van der Waals surface area contributed by atoms with Crippen LogP contribution in [0.3, 0.4) is 0 Å². The van der Waals surface area contributed by atoms with Crippen LogP contribution in [-0.4, -0.2) is 41.9 Å². The van der Waals surface area contributed by atoms with E-state index in [0.717, 1.165) is 43.2 Å². The van der Waals surface area contributed by atoms with Crippen LogP contribution < -0.4 is 15.5 Å². The zero-order valence-electron chi connectivity index (χ0n) is 16.8. The van der Waals surface area contributed by atoms with E-state index in [4.69, 9.17) is 4.42 Å². The van der Waals surface area contributed by atoms with Gasteiger partial charge in [0, 0.05) is 50.4 Å². The number of piperidine rings is 1. The maximum atomic E-state index is 6.00. The molecule has 3 heterocycles. The number of nitrogens with zero attached hydrogens (tertiary/aromatic N) is 4. The standard InChI is InChI=1S/C21H28N6O/c1-15-18-8-4-5-9-19(18)28-20(15)12-23-21(22-2)25-16-7-6-10-27(13-16)17-11-24-26(3)14-17/h4-5,8-9,11,14,16H,6-7,10,12-13H2,1-3H3,(H2,22,23,25). The molecule has 7 heteroatoms. The van der Waals surface area contributed by atoms with Gasteiger partial charge in [0.25, 0.3) is 0 Å². The Bertz CT molecular complexity index is 972. The molecule has 1 aliphatic rings. The third kappa shape index (κ3) is 3.83. The molecule has 1 saturated heterocycles. The number of benzene rings is 1. The van der Waals surface area contributed by atoms with E-state index in [2.05, 4.69) is 44.8 Å². The second-order valence-electron chi connectivity index (χ2n) is 7.37. The number of guanidine groups is 1. The number of hydrogen-bond acceptors (Lipinski definition) is 4. The first kappa shape index (κ1) is 18.4. The minimum atomic E-state index is 0.344. The summed E-state index contributed by atoms with van der Waals surface area (Å²) in [5.41, 5.74) is 3.29. The first-order chi connectivity index (χ1) is 13.6. The molecule has 0 saturated carbocycles. The molecule has 1 fully saturated rings. The summed E-state index contributed by atoms with van der Waals surface area (Å²) in [6.45, 7) is 4.72. The monoisotopic (exact) mass is 380 g/mol. The summed E-state index contributed by atoms with van der Waals surface area (Å²) in [7, 11) is 3.76. The van der Waals surface area contributed by atoms with Crippen molar-refractivity contribution in [1.82, 2.24) is 20.4 Å². The minimum Gasteiger partial charge on any atom is -0.459 e. The first-order valence-electron chi connectivity index (χ1n) is 9.82. The second-order valence-corrected chi connectivity index (χ2v) is 7.37. The fourth-order valence-corrected chi connectivity index (χ4v) is 3.85. The van der Waals surface area contributed by atoms with Crippen LogP contribution >= 0.6 is 0 Å². The fraction of sp³-hybridized carbons (Fsp3) is 0.429. The van der Waals surface area contributed by atoms with E-state index < -0.39 is 0 Å². The highest BCUT2D eigenvalue weighted by Gasteiger charge is 2.22. The Hall–Kier alpha value is -2.96. The van der Waals surface area contributed by atoms with Gasteiger partial charge in [-0.2, -0.15) is 5.10 Å². The van der Waals surface area contributed by atoms with Crippen LogP contribution in [0.1, 0.15) is 24.2 Å². The summed E-state index contributed by atoms with van der Waals surface area (Å²) in [6.07, 6.45) is 6.27. The Morgan fingerprint density at radius 1 is 1.36 bits per heavy atom.